The molecule has 1 unspecified atom stereocenters. The van der Waals surface area contributed by atoms with Crippen molar-refractivity contribution >= 4 is 22.8 Å². The Kier molecular flexibility index (Phi) is 5.63. The van der Waals surface area contributed by atoms with Crippen LogP contribution in [0.4, 0.5) is 10.2 Å². The summed E-state index contributed by atoms with van der Waals surface area (Å²) in [4.78, 5) is 32.3. The molecule has 2 atom stereocenters. The average molecular weight is 459 g/mol. The van der Waals surface area contributed by atoms with Crippen LogP contribution in [0.2, 0.25) is 0 Å². The van der Waals surface area contributed by atoms with Gasteiger partial charge in [-0.15, -0.1) is 0 Å². The third-order valence-electron chi connectivity index (χ3n) is 6.00. The number of halogens is 1. The molecular formula is C23H22FN9O. The molecule has 4 aromatic rings. The van der Waals surface area contributed by atoms with Crippen molar-refractivity contribution in [1.82, 2.24) is 34.8 Å². The Bertz CT molecular complexity index is 1400. The van der Waals surface area contributed by atoms with Gasteiger partial charge in [-0.1, -0.05) is 0 Å². The number of anilines is 1. The molecule has 4 aromatic heterocycles. The number of carbonyl (C=O) groups excluding carboxylic acids is 1. The predicted octanol–water partition coefficient (Wildman–Crippen LogP) is 2.92. The van der Waals surface area contributed by atoms with Crippen LogP contribution in [0.5, 0.6) is 0 Å². The Balaban J connectivity index is 1.36. The molecule has 11 heteroatoms. The number of aryl methyl sites for hydroxylation is 1. The number of hydrogen-bond acceptors (Lipinski definition) is 7. The molecule has 4 heterocycles. The lowest BCUT2D eigenvalue weighted by Crippen LogP contribution is -2.42. The number of aromatic amines is 1. The second-order valence-electron chi connectivity index (χ2n) is 8.42. The molecule has 0 bridgehead atoms. The highest BCUT2D eigenvalue weighted by Crippen LogP contribution is 2.31. The average Bonchev–Trinajstić information content (AvgIpc) is 3.47. The molecule has 1 saturated carbocycles. The predicted molar refractivity (Wildman–Crippen MR) is 122 cm³/mol. The Hall–Kier alpha value is -4.33. The summed E-state index contributed by atoms with van der Waals surface area (Å²) in [5, 5.41) is 16.5. The van der Waals surface area contributed by atoms with E-state index in [0.29, 0.717) is 34.4 Å². The number of nitrogens with one attached hydrogen (secondary N) is 3. The summed E-state index contributed by atoms with van der Waals surface area (Å²) < 4.78 is 16.6. The highest BCUT2D eigenvalue weighted by molar-refractivity contribution is 5.93. The molecule has 10 nitrogen and oxygen atoms in total. The first-order chi connectivity index (χ1) is 16.5. The first kappa shape index (κ1) is 21.5. The number of rotatable bonds is 5. The van der Waals surface area contributed by atoms with Crippen LogP contribution in [-0.2, 0) is 7.05 Å². The Morgan fingerprint density at radius 1 is 1.32 bits per heavy atom. The Labute approximate surface area is 194 Å². The van der Waals surface area contributed by atoms with Gasteiger partial charge >= 0.3 is 0 Å². The summed E-state index contributed by atoms with van der Waals surface area (Å²) in [6.07, 6.45) is 11.1. The SMILES string of the molecule is Cn1cnc(C(=O)N[C@@H]2CCCC(Nc3nc(-c4c[nH]c5ncncc45)c(C#N)cc3F)C2)c1. The third kappa shape index (κ3) is 4.17. The standard InChI is InChI=1S/C23H22FN9O/c1-33-10-19(29-12-33)23(34)31-15-4-2-3-14(6-15)30-22-18(24)5-13(7-25)20(32-22)16-9-27-21-17(16)8-26-11-28-21/h5,8-12,14-15H,2-4,6H2,1H3,(H,30,32)(H,31,34)(H,26,27,28)/t14?,15-/m1/s1. The van der Waals surface area contributed by atoms with Crippen molar-refractivity contribution in [2.45, 2.75) is 37.8 Å². The molecule has 0 spiro atoms. The van der Waals surface area contributed by atoms with Crippen molar-refractivity contribution in [3.63, 3.8) is 0 Å². The minimum absolute atomic E-state index is 0.0626. The fourth-order valence-electron chi connectivity index (χ4n) is 4.37. The normalized spacial score (nSPS) is 17.9. The maximum Gasteiger partial charge on any atom is 0.271 e. The lowest BCUT2D eigenvalue weighted by molar-refractivity contribution is 0.0921. The van der Waals surface area contributed by atoms with E-state index < -0.39 is 5.82 Å². The van der Waals surface area contributed by atoms with E-state index in [4.69, 9.17) is 0 Å². The molecule has 34 heavy (non-hydrogen) atoms. The monoisotopic (exact) mass is 459 g/mol. The van der Waals surface area contributed by atoms with Crippen LogP contribution in [-0.4, -0.2) is 47.5 Å². The fourth-order valence-corrected chi connectivity index (χ4v) is 4.37. The van der Waals surface area contributed by atoms with E-state index in [9.17, 15) is 14.4 Å². The van der Waals surface area contributed by atoms with Crippen LogP contribution in [0.1, 0.15) is 41.7 Å². The first-order valence-electron chi connectivity index (χ1n) is 10.9. The van der Waals surface area contributed by atoms with Gasteiger partial charge in [0.1, 0.15) is 23.7 Å². The van der Waals surface area contributed by atoms with Gasteiger partial charge in [0.05, 0.1) is 17.6 Å². The van der Waals surface area contributed by atoms with Crippen LogP contribution in [0.25, 0.3) is 22.3 Å². The molecule has 1 fully saturated rings. The highest BCUT2D eigenvalue weighted by atomic mass is 19.1. The minimum atomic E-state index is -0.601. The van der Waals surface area contributed by atoms with Gasteiger partial charge in [-0.05, 0) is 31.7 Å². The molecule has 3 N–H and O–H groups in total. The molecule has 0 aromatic carbocycles. The lowest BCUT2D eigenvalue weighted by Gasteiger charge is -2.30. The molecule has 1 aliphatic rings. The molecule has 0 radical (unpaired) electrons. The van der Waals surface area contributed by atoms with E-state index in [1.165, 1.54) is 12.4 Å². The minimum Gasteiger partial charge on any atom is -0.365 e. The molecule has 1 aliphatic carbocycles. The second-order valence-corrected chi connectivity index (χ2v) is 8.42. The summed E-state index contributed by atoms with van der Waals surface area (Å²) in [7, 11) is 1.81. The van der Waals surface area contributed by atoms with E-state index in [0.717, 1.165) is 19.3 Å². The van der Waals surface area contributed by atoms with E-state index in [1.807, 2.05) is 6.07 Å². The molecule has 1 amide bonds. The van der Waals surface area contributed by atoms with E-state index >= 15 is 0 Å². The summed E-state index contributed by atoms with van der Waals surface area (Å²) in [6.45, 7) is 0. The molecule has 0 saturated heterocycles. The van der Waals surface area contributed by atoms with Crippen molar-refractivity contribution in [2.24, 2.45) is 7.05 Å². The van der Waals surface area contributed by atoms with E-state index in [1.54, 1.807) is 36.5 Å². The van der Waals surface area contributed by atoms with E-state index in [-0.39, 0.29) is 29.4 Å². The van der Waals surface area contributed by atoms with Crippen LogP contribution < -0.4 is 10.6 Å². The van der Waals surface area contributed by atoms with Gasteiger partial charge in [-0.2, -0.15) is 5.26 Å². The van der Waals surface area contributed by atoms with Gasteiger partial charge in [0, 0.05) is 48.7 Å². The van der Waals surface area contributed by atoms with Crippen molar-refractivity contribution in [3.8, 4) is 17.3 Å². The number of hydrogen-bond donors (Lipinski definition) is 3. The smallest absolute Gasteiger partial charge is 0.271 e. The maximum absolute atomic E-state index is 14.9. The number of imidazole rings is 1. The molecule has 5 rings (SSSR count). The van der Waals surface area contributed by atoms with Gasteiger partial charge in [0.25, 0.3) is 5.91 Å². The van der Waals surface area contributed by atoms with Crippen LogP contribution in [0.3, 0.4) is 0 Å². The number of amides is 1. The summed E-state index contributed by atoms with van der Waals surface area (Å²) >= 11 is 0. The fraction of sp³-hybridized carbons (Fsp3) is 0.304. The largest absolute Gasteiger partial charge is 0.365 e. The Morgan fingerprint density at radius 3 is 2.97 bits per heavy atom. The summed E-state index contributed by atoms with van der Waals surface area (Å²) in [5.41, 5.74) is 2.07. The number of nitriles is 1. The zero-order valence-corrected chi connectivity index (χ0v) is 18.4. The quantitative estimate of drug-likeness (QED) is 0.417. The number of aromatic nitrogens is 6. The zero-order chi connectivity index (χ0) is 23.7. The number of nitrogens with zero attached hydrogens (tertiary/aromatic N) is 6. The van der Waals surface area contributed by atoms with Crippen molar-refractivity contribution in [1.29, 1.82) is 5.26 Å². The van der Waals surface area contributed by atoms with Gasteiger partial charge in [-0.25, -0.2) is 24.3 Å². The van der Waals surface area contributed by atoms with Gasteiger partial charge in [-0.3, -0.25) is 4.79 Å². The topological polar surface area (TPSA) is 137 Å². The number of fused-ring (bicyclic) bond motifs is 1. The first-order valence-corrected chi connectivity index (χ1v) is 10.9. The van der Waals surface area contributed by atoms with E-state index in [2.05, 4.69) is 35.6 Å². The molecular weight excluding hydrogens is 437 g/mol. The number of H-pyrrole nitrogens is 1. The molecule has 172 valence electrons. The van der Waals surface area contributed by atoms with Crippen LogP contribution in [0.15, 0.2) is 37.3 Å². The van der Waals surface area contributed by atoms with Crippen LogP contribution >= 0.6 is 0 Å². The van der Waals surface area contributed by atoms with Gasteiger partial charge < -0.3 is 20.2 Å². The number of carbonyl (C=O) groups is 1. The van der Waals surface area contributed by atoms with Crippen molar-refractivity contribution < 1.29 is 9.18 Å². The van der Waals surface area contributed by atoms with Crippen molar-refractivity contribution in [2.75, 3.05) is 5.32 Å². The number of pyridine rings is 1. The van der Waals surface area contributed by atoms with Gasteiger partial charge in [0.15, 0.2) is 11.6 Å². The van der Waals surface area contributed by atoms with Gasteiger partial charge in [0.2, 0.25) is 0 Å². The second kappa shape index (κ2) is 8.90. The highest BCUT2D eigenvalue weighted by Gasteiger charge is 2.26. The summed E-state index contributed by atoms with van der Waals surface area (Å²) in [6, 6.07) is 3.07. The lowest BCUT2D eigenvalue weighted by atomic mass is 9.90. The third-order valence-corrected chi connectivity index (χ3v) is 6.00. The summed E-state index contributed by atoms with van der Waals surface area (Å²) in [5.74, 6) is -0.754. The maximum atomic E-state index is 14.9. The Morgan fingerprint density at radius 2 is 2.18 bits per heavy atom. The molecule has 0 aliphatic heterocycles. The van der Waals surface area contributed by atoms with Crippen molar-refractivity contribution in [3.05, 3.63) is 54.4 Å². The van der Waals surface area contributed by atoms with Crippen LogP contribution in [0, 0.1) is 17.1 Å². The zero-order valence-electron chi connectivity index (χ0n) is 18.4.